The predicted molar refractivity (Wildman–Crippen MR) is 90.3 cm³/mol. The maximum atomic E-state index is 12.3. The van der Waals surface area contributed by atoms with Crippen LogP contribution in [0.25, 0.3) is 0 Å². The zero-order chi connectivity index (χ0) is 16.4. The van der Waals surface area contributed by atoms with Gasteiger partial charge in [0.15, 0.2) is 0 Å². The first-order valence-corrected chi connectivity index (χ1v) is 8.46. The Morgan fingerprint density at radius 1 is 1.13 bits per heavy atom. The summed E-state index contributed by atoms with van der Waals surface area (Å²) in [5.41, 5.74) is 3.01. The van der Waals surface area contributed by atoms with Gasteiger partial charge in [-0.3, -0.25) is 9.59 Å². The Bertz CT molecular complexity index is 594. The van der Waals surface area contributed by atoms with E-state index >= 15 is 0 Å². The summed E-state index contributed by atoms with van der Waals surface area (Å²) in [5, 5.41) is 9.35. The van der Waals surface area contributed by atoms with Crippen molar-refractivity contribution >= 4 is 17.5 Å². The Morgan fingerprint density at radius 3 is 2.48 bits per heavy atom. The van der Waals surface area contributed by atoms with Gasteiger partial charge in [0.2, 0.25) is 11.8 Å². The fourth-order valence-corrected chi connectivity index (χ4v) is 3.72. The topological polar surface area (TPSA) is 70.2 Å². The molecule has 2 amide bonds. The van der Waals surface area contributed by atoms with Gasteiger partial charge in [0.05, 0.1) is 12.5 Å². The highest BCUT2D eigenvalue weighted by Crippen LogP contribution is 2.22. The molecule has 124 valence electrons. The fourth-order valence-electron chi connectivity index (χ4n) is 3.72. The average molecular weight is 315 g/mol. The first-order chi connectivity index (χ1) is 11.0. The first kappa shape index (κ1) is 16.0. The van der Waals surface area contributed by atoms with Crippen molar-refractivity contribution in [3.8, 4) is 0 Å². The molecule has 1 saturated carbocycles. The number of hydrogen-bond donors (Lipinski definition) is 3. The van der Waals surface area contributed by atoms with Gasteiger partial charge in [-0.1, -0.05) is 18.9 Å². The number of piperazine rings is 1. The van der Waals surface area contributed by atoms with Crippen molar-refractivity contribution in [1.29, 1.82) is 0 Å². The molecule has 0 bridgehead atoms. The lowest BCUT2D eigenvalue weighted by Crippen LogP contribution is -2.65. The lowest BCUT2D eigenvalue weighted by molar-refractivity contribution is -0.129. The number of carbonyl (C=O) groups is 2. The van der Waals surface area contributed by atoms with Crippen LogP contribution >= 0.6 is 0 Å². The molecule has 0 aromatic heterocycles. The second kappa shape index (κ2) is 6.71. The second-order valence-corrected chi connectivity index (χ2v) is 6.85. The van der Waals surface area contributed by atoms with Gasteiger partial charge in [-0.15, -0.1) is 0 Å². The zero-order valence-corrected chi connectivity index (χ0v) is 13.8. The van der Waals surface area contributed by atoms with Gasteiger partial charge in [-0.25, -0.2) is 0 Å². The van der Waals surface area contributed by atoms with Gasteiger partial charge in [0.1, 0.15) is 0 Å². The largest absolute Gasteiger partial charge is 0.350 e. The lowest BCUT2D eigenvalue weighted by Gasteiger charge is -2.40. The van der Waals surface area contributed by atoms with Crippen LogP contribution in [0.2, 0.25) is 0 Å². The molecule has 0 spiro atoms. The number of fused-ring (bicyclic) bond motifs is 1. The molecule has 23 heavy (non-hydrogen) atoms. The Hall–Kier alpha value is -1.88. The smallest absolute Gasteiger partial charge is 0.237 e. The molecule has 2 fully saturated rings. The number of amides is 2. The maximum Gasteiger partial charge on any atom is 0.237 e. The van der Waals surface area contributed by atoms with Crippen molar-refractivity contribution in [1.82, 2.24) is 10.6 Å². The molecule has 0 unspecified atom stereocenters. The molecule has 1 aliphatic heterocycles. The average Bonchev–Trinajstić information content (AvgIpc) is 2.46. The van der Waals surface area contributed by atoms with Crippen molar-refractivity contribution in [2.45, 2.75) is 64.1 Å². The lowest BCUT2D eigenvalue weighted by atomic mass is 9.87. The summed E-state index contributed by atoms with van der Waals surface area (Å²) in [5.74, 6) is -0.180. The van der Waals surface area contributed by atoms with Gasteiger partial charge < -0.3 is 16.0 Å². The van der Waals surface area contributed by atoms with Gasteiger partial charge in [0, 0.05) is 17.8 Å². The van der Waals surface area contributed by atoms with Gasteiger partial charge >= 0.3 is 0 Å². The van der Waals surface area contributed by atoms with Gasteiger partial charge in [0.25, 0.3) is 0 Å². The standard InChI is InChI=1S/C18H25N3O2/c1-11-7-12(2)9-13(8-11)19-17(22)10-16-18(23)21-15-6-4-3-5-14(15)20-16/h7-9,14-16,20H,3-6,10H2,1-2H3,(H,19,22)(H,21,23)/t14-,15-,16-/m0/s1. The molecule has 3 rings (SSSR count). The fraction of sp³-hybridized carbons (Fsp3) is 0.556. The van der Waals surface area contributed by atoms with E-state index in [2.05, 4.69) is 22.0 Å². The monoisotopic (exact) mass is 315 g/mol. The van der Waals surface area contributed by atoms with E-state index in [0.29, 0.717) is 6.04 Å². The summed E-state index contributed by atoms with van der Waals surface area (Å²) < 4.78 is 0. The predicted octanol–water partition coefficient (Wildman–Crippen LogP) is 2.03. The van der Waals surface area contributed by atoms with Crippen LogP contribution in [0.1, 0.15) is 43.2 Å². The molecule has 1 aliphatic carbocycles. The van der Waals surface area contributed by atoms with Crippen LogP contribution in [0.15, 0.2) is 18.2 Å². The number of rotatable bonds is 3. The number of benzene rings is 1. The minimum absolute atomic E-state index is 0.0521. The third kappa shape index (κ3) is 3.91. The highest BCUT2D eigenvalue weighted by molar-refractivity contribution is 5.95. The Morgan fingerprint density at radius 2 is 1.78 bits per heavy atom. The van der Waals surface area contributed by atoms with Gasteiger partial charge in [-0.05, 0) is 49.9 Å². The molecule has 3 N–H and O–H groups in total. The number of hydrogen-bond acceptors (Lipinski definition) is 3. The summed E-state index contributed by atoms with van der Waals surface area (Å²) in [6.07, 6.45) is 4.62. The highest BCUT2D eigenvalue weighted by Gasteiger charge is 2.36. The van der Waals surface area contributed by atoms with Gasteiger partial charge in [-0.2, -0.15) is 0 Å². The SMILES string of the molecule is Cc1cc(C)cc(NC(=O)C[C@@H]2N[C@H]3CCCC[C@@H]3NC2=O)c1. The highest BCUT2D eigenvalue weighted by atomic mass is 16.2. The van der Waals surface area contributed by atoms with Crippen LogP contribution in [-0.4, -0.2) is 29.9 Å². The summed E-state index contributed by atoms with van der Waals surface area (Å²) in [7, 11) is 0. The Labute approximate surface area is 137 Å². The van der Waals surface area contributed by atoms with E-state index in [1.54, 1.807) is 0 Å². The number of carbonyl (C=O) groups excluding carboxylic acids is 2. The molecule has 2 aliphatic rings. The third-order valence-electron chi connectivity index (χ3n) is 4.72. The minimum Gasteiger partial charge on any atom is -0.350 e. The van der Waals surface area contributed by atoms with Crippen LogP contribution in [0.3, 0.4) is 0 Å². The molecule has 0 radical (unpaired) electrons. The molecule has 1 aromatic rings. The van der Waals surface area contributed by atoms with E-state index in [-0.39, 0.29) is 24.3 Å². The van der Waals surface area contributed by atoms with E-state index in [0.717, 1.165) is 29.7 Å². The molecule has 1 saturated heterocycles. The van der Waals surface area contributed by atoms with Crippen molar-refractivity contribution < 1.29 is 9.59 Å². The van der Waals surface area contributed by atoms with Crippen molar-refractivity contribution in [3.63, 3.8) is 0 Å². The van der Waals surface area contributed by atoms with E-state index < -0.39 is 6.04 Å². The molecular formula is C18H25N3O2. The zero-order valence-electron chi connectivity index (χ0n) is 13.8. The van der Waals surface area contributed by atoms with E-state index in [9.17, 15) is 9.59 Å². The minimum atomic E-state index is -0.430. The van der Waals surface area contributed by atoms with Crippen LogP contribution in [0.5, 0.6) is 0 Å². The normalized spacial score (nSPS) is 27.0. The van der Waals surface area contributed by atoms with E-state index in [1.807, 2.05) is 26.0 Å². The Balaban J connectivity index is 1.59. The number of nitrogens with one attached hydrogen (secondary N) is 3. The number of anilines is 1. The van der Waals surface area contributed by atoms with E-state index in [1.165, 1.54) is 12.8 Å². The first-order valence-electron chi connectivity index (χ1n) is 8.46. The molecule has 1 aromatic carbocycles. The molecule has 5 nitrogen and oxygen atoms in total. The van der Waals surface area contributed by atoms with Crippen molar-refractivity contribution in [2.75, 3.05) is 5.32 Å². The van der Waals surface area contributed by atoms with Crippen molar-refractivity contribution in [3.05, 3.63) is 29.3 Å². The summed E-state index contributed by atoms with van der Waals surface area (Å²) in [4.78, 5) is 24.5. The summed E-state index contributed by atoms with van der Waals surface area (Å²) >= 11 is 0. The summed E-state index contributed by atoms with van der Waals surface area (Å²) in [6.45, 7) is 4.00. The van der Waals surface area contributed by atoms with Crippen LogP contribution in [-0.2, 0) is 9.59 Å². The quantitative estimate of drug-likeness (QED) is 0.799. The summed E-state index contributed by atoms with van der Waals surface area (Å²) in [6, 6.07) is 6.05. The molecular weight excluding hydrogens is 290 g/mol. The van der Waals surface area contributed by atoms with Crippen LogP contribution in [0, 0.1) is 13.8 Å². The molecule has 3 atom stereocenters. The van der Waals surface area contributed by atoms with Crippen molar-refractivity contribution in [2.24, 2.45) is 0 Å². The number of aryl methyl sites for hydroxylation is 2. The third-order valence-corrected chi connectivity index (χ3v) is 4.72. The second-order valence-electron chi connectivity index (χ2n) is 6.85. The Kier molecular flexibility index (Phi) is 4.66. The van der Waals surface area contributed by atoms with Crippen LogP contribution in [0.4, 0.5) is 5.69 Å². The maximum absolute atomic E-state index is 12.3. The molecule has 5 heteroatoms. The van der Waals surface area contributed by atoms with E-state index in [4.69, 9.17) is 0 Å². The molecule has 1 heterocycles. The van der Waals surface area contributed by atoms with Crippen LogP contribution < -0.4 is 16.0 Å².